The first-order chi connectivity index (χ1) is 14.9. The van der Waals surface area contributed by atoms with Gasteiger partial charge in [0.25, 0.3) is 0 Å². The summed E-state index contributed by atoms with van der Waals surface area (Å²) < 4.78 is 5.00. The van der Waals surface area contributed by atoms with E-state index in [9.17, 15) is 24.6 Å². The number of ether oxygens (including phenoxy) is 1. The summed E-state index contributed by atoms with van der Waals surface area (Å²) in [6.45, 7) is 5.65. The van der Waals surface area contributed by atoms with Crippen molar-refractivity contribution in [3.63, 3.8) is 0 Å². The molecule has 0 aromatic heterocycles. The summed E-state index contributed by atoms with van der Waals surface area (Å²) in [5, 5.41) is 31.0. The first-order valence-corrected chi connectivity index (χ1v) is 11.5. The van der Waals surface area contributed by atoms with Crippen LogP contribution in [0.3, 0.4) is 0 Å². The first kappa shape index (κ1) is 24.9. The molecule has 0 bridgehead atoms. The molecule has 0 saturated heterocycles. The third-order valence-electron chi connectivity index (χ3n) is 8.81. The number of fused-ring (bicyclic) bond motifs is 3. The molecule has 3 rings (SSSR count). The van der Waals surface area contributed by atoms with Gasteiger partial charge in [0, 0.05) is 31.5 Å². The molecular formula is C24H37NO7. The Morgan fingerprint density at radius 2 is 1.91 bits per heavy atom. The van der Waals surface area contributed by atoms with Crippen LogP contribution < -0.4 is 0 Å². The van der Waals surface area contributed by atoms with E-state index in [1.54, 1.807) is 20.0 Å². The SMILES string of the molecule is COC(=O)[C@]1(C)[C@@H]2C(=O)[C@H](O)[C@H]3[C@@H](C)/C(=C/C(=O)N(C)CCO)CC[C@@H]3[C@@]2(C)CC[C@@H]1O. The van der Waals surface area contributed by atoms with E-state index in [1.807, 2.05) is 13.8 Å². The summed E-state index contributed by atoms with van der Waals surface area (Å²) in [6.07, 6.45) is 1.57. The lowest BCUT2D eigenvalue weighted by molar-refractivity contribution is -0.209. The van der Waals surface area contributed by atoms with Crippen molar-refractivity contribution >= 4 is 17.7 Å². The fourth-order valence-electron chi connectivity index (χ4n) is 6.96. The number of carbonyl (C=O) groups excluding carboxylic acids is 3. The van der Waals surface area contributed by atoms with Crippen molar-refractivity contribution in [2.24, 2.45) is 34.5 Å². The lowest BCUT2D eigenvalue weighted by Crippen LogP contribution is -2.68. The van der Waals surface area contributed by atoms with E-state index in [0.29, 0.717) is 25.7 Å². The summed E-state index contributed by atoms with van der Waals surface area (Å²) in [7, 11) is 2.88. The number of rotatable bonds is 4. The Hall–Kier alpha value is -1.77. The standard InChI is InChI=1S/C24H37NO7/c1-13-14(12-17(28)25(4)10-11-26)6-7-15-18(13)19(29)20(30)21-23(15,2)9-8-16(27)24(21,3)22(31)32-5/h12-13,15-16,18-19,21,26-27,29H,6-11H2,1-5H3/b14-12+/t13-,15-,16-,18-,19+,21+,23+,24-/m0/s1. The monoisotopic (exact) mass is 451 g/mol. The third-order valence-corrected chi connectivity index (χ3v) is 8.81. The molecule has 8 atom stereocenters. The van der Waals surface area contributed by atoms with Gasteiger partial charge in [-0.3, -0.25) is 14.4 Å². The van der Waals surface area contributed by atoms with Crippen molar-refractivity contribution in [1.29, 1.82) is 0 Å². The van der Waals surface area contributed by atoms with Crippen LogP contribution in [-0.4, -0.2) is 77.4 Å². The molecule has 0 radical (unpaired) electrons. The van der Waals surface area contributed by atoms with E-state index in [2.05, 4.69) is 0 Å². The fourth-order valence-corrected chi connectivity index (χ4v) is 6.96. The Morgan fingerprint density at radius 3 is 2.50 bits per heavy atom. The second-order valence-corrected chi connectivity index (χ2v) is 10.3. The van der Waals surface area contributed by atoms with Crippen molar-refractivity contribution in [3.05, 3.63) is 11.6 Å². The van der Waals surface area contributed by atoms with Gasteiger partial charge in [-0.2, -0.15) is 0 Å². The molecule has 3 aliphatic carbocycles. The number of likely N-dealkylation sites (N-methyl/N-ethyl adjacent to an activating group) is 1. The smallest absolute Gasteiger partial charge is 0.314 e. The number of aliphatic hydroxyl groups excluding tert-OH is 3. The number of esters is 1. The number of amides is 1. The van der Waals surface area contributed by atoms with Gasteiger partial charge in [-0.25, -0.2) is 0 Å². The molecule has 180 valence electrons. The van der Waals surface area contributed by atoms with Crippen molar-refractivity contribution < 1.29 is 34.4 Å². The van der Waals surface area contributed by atoms with Gasteiger partial charge in [-0.05, 0) is 49.9 Å². The largest absolute Gasteiger partial charge is 0.469 e. The lowest BCUT2D eigenvalue weighted by Gasteiger charge is -2.62. The van der Waals surface area contributed by atoms with E-state index < -0.39 is 40.7 Å². The second kappa shape index (κ2) is 8.88. The highest BCUT2D eigenvalue weighted by Gasteiger charge is 2.68. The summed E-state index contributed by atoms with van der Waals surface area (Å²) in [5.41, 5.74) is -1.09. The molecule has 3 N–H and O–H groups in total. The Bertz CT molecular complexity index is 810. The van der Waals surface area contributed by atoms with Gasteiger partial charge in [-0.15, -0.1) is 0 Å². The minimum Gasteiger partial charge on any atom is -0.469 e. The predicted molar refractivity (Wildman–Crippen MR) is 116 cm³/mol. The highest BCUT2D eigenvalue weighted by molar-refractivity contribution is 5.94. The molecule has 0 aliphatic heterocycles. The molecule has 0 aromatic rings. The van der Waals surface area contributed by atoms with E-state index >= 15 is 0 Å². The van der Waals surface area contributed by atoms with Gasteiger partial charge in [0.1, 0.15) is 11.5 Å². The van der Waals surface area contributed by atoms with Gasteiger partial charge in [0.15, 0.2) is 5.78 Å². The van der Waals surface area contributed by atoms with Crippen LogP contribution in [0.5, 0.6) is 0 Å². The molecule has 0 spiro atoms. The molecular weight excluding hydrogens is 414 g/mol. The van der Waals surface area contributed by atoms with Crippen molar-refractivity contribution in [1.82, 2.24) is 4.90 Å². The van der Waals surface area contributed by atoms with Crippen LogP contribution in [0.25, 0.3) is 0 Å². The van der Waals surface area contributed by atoms with Gasteiger partial charge < -0.3 is 25.0 Å². The molecule has 0 unspecified atom stereocenters. The number of hydrogen-bond donors (Lipinski definition) is 3. The molecule has 3 aliphatic rings. The van der Waals surface area contributed by atoms with Crippen LogP contribution >= 0.6 is 0 Å². The maximum absolute atomic E-state index is 13.6. The normalized spacial score (nSPS) is 42.8. The van der Waals surface area contributed by atoms with Gasteiger partial charge >= 0.3 is 5.97 Å². The first-order valence-electron chi connectivity index (χ1n) is 11.5. The van der Waals surface area contributed by atoms with Crippen molar-refractivity contribution in [2.75, 3.05) is 27.3 Å². The average molecular weight is 452 g/mol. The van der Waals surface area contributed by atoms with E-state index in [1.165, 1.54) is 12.0 Å². The minimum atomic E-state index is -1.41. The Labute approximate surface area is 189 Å². The van der Waals surface area contributed by atoms with Crippen molar-refractivity contribution in [2.45, 2.75) is 58.7 Å². The number of methoxy groups -OCH3 is 1. The molecule has 1 amide bonds. The van der Waals surface area contributed by atoms with Gasteiger partial charge in [-0.1, -0.05) is 19.4 Å². The molecule has 0 heterocycles. The summed E-state index contributed by atoms with van der Waals surface area (Å²) in [5.74, 6) is -2.67. The van der Waals surface area contributed by atoms with Crippen LogP contribution in [0, 0.1) is 34.5 Å². The minimum absolute atomic E-state index is 0.0332. The van der Waals surface area contributed by atoms with Crippen molar-refractivity contribution in [3.8, 4) is 0 Å². The Balaban J connectivity index is 1.98. The highest BCUT2D eigenvalue weighted by atomic mass is 16.5. The maximum Gasteiger partial charge on any atom is 0.314 e. The molecule has 0 aromatic carbocycles. The van der Waals surface area contributed by atoms with Crippen LogP contribution in [-0.2, 0) is 19.1 Å². The summed E-state index contributed by atoms with van der Waals surface area (Å²) in [6, 6.07) is 0. The van der Waals surface area contributed by atoms with Crippen LogP contribution in [0.2, 0.25) is 0 Å². The quantitative estimate of drug-likeness (QED) is 0.429. The second-order valence-electron chi connectivity index (χ2n) is 10.3. The molecule has 8 heteroatoms. The van der Waals surface area contributed by atoms with Crippen LogP contribution in [0.15, 0.2) is 11.6 Å². The number of allylic oxidation sites excluding steroid dienone is 1. The van der Waals surface area contributed by atoms with E-state index in [-0.39, 0.29) is 36.8 Å². The number of ketones is 1. The number of carbonyl (C=O) groups is 3. The third kappa shape index (κ3) is 3.60. The fraction of sp³-hybridized carbons (Fsp3) is 0.792. The number of nitrogens with zero attached hydrogens (tertiary/aromatic N) is 1. The van der Waals surface area contributed by atoms with Crippen LogP contribution in [0.1, 0.15) is 46.5 Å². The topological polar surface area (TPSA) is 124 Å². The number of Topliss-reactive ketones (excluding diaryl/α,β-unsaturated/α-hetero) is 1. The number of hydrogen-bond acceptors (Lipinski definition) is 7. The average Bonchev–Trinajstić information content (AvgIpc) is 2.75. The zero-order valence-electron chi connectivity index (χ0n) is 19.7. The summed E-state index contributed by atoms with van der Waals surface area (Å²) in [4.78, 5) is 40.3. The van der Waals surface area contributed by atoms with Gasteiger partial charge in [0.05, 0.1) is 19.8 Å². The zero-order chi connectivity index (χ0) is 24.0. The molecule has 3 fully saturated rings. The lowest BCUT2D eigenvalue weighted by atomic mass is 9.41. The molecule has 3 saturated carbocycles. The van der Waals surface area contributed by atoms with Gasteiger partial charge in [0.2, 0.25) is 5.91 Å². The summed E-state index contributed by atoms with van der Waals surface area (Å²) >= 11 is 0. The highest BCUT2D eigenvalue weighted by Crippen LogP contribution is 2.64. The maximum atomic E-state index is 13.6. The van der Waals surface area contributed by atoms with E-state index in [4.69, 9.17) is 9.84 Å². The van der Waals surface area contributed by atoms with Crippen LogP contribution in [0.4, 0.5) is 0 Å². The molecule has 32 heavy (non-hydrogen) atoms. The Morgan fingerprint density at radius 1 is 1.25 bits per heavy atom. The Kier molecular flexibility index (Phi) is 6.90. The molecule has 8 nitrogen and oxygen atoms in total. The predicted octanol–water partition coefficient (Wildman–Crippen LogP) is 0.926. The van der Waals surface area contributed by atoms with E-state index in [0.717, 1.165) is 5.57 Å². The zero-order valence-corrected chi connectivity index (χ0v) is 19.7. The number of aliphatic hydroxyl groups is 3.